The highest BCUT2D eigenvalue weighted by molar-refractivity contribution is 5.82. The molecular formula is C24H21F3N2O2. The molecule has 0 aliphatic carbocycles. The monoisotopic (exact) mass is 426 g/mol. The number of carbonyl (C=O) groups is 1. The summed E-state index contributed by atoms with van der Waals surface area (Å²) in [6.45, 7) is 1.76. The van der Waals surface area contributed by atoms with Crippen LogP contribution in [-0.2, 0) is 11.0 Å². The number of aliphatic imine (C=N–C) groups is 1. The molecule has 0 saturated heterocycles. The fourth-order valence-electron chi connectivity index (χ4n) is 2.82. The normalized spacial score (nSPS) is 12.5. The van der Waals surface area contributed by atoms with Crippen molar-refractivity contribution in [1.29, 1.82) is 0 Å². The van der Waals surface area contributed by atoms with Crippen molar-refractivity contribution in [2.24, 2.45) is 4.99 Å². The maximum absolute atomic E-state index is 12.8. The minimum absolute atomic E-state index is 0.130. The molecule has 160 valence electrons. The summed E-state index contributed by atoms with van der Waals surface area (Å²) in [7, 11) is 0. The summed E-state index contributed by atoms with van der Waals surface area (Å²) in [6, 6.07) is 21.0. The van der Waals surface area contributed by atoms with E-state index in [0.29, 0.717) is 11.3 Å². The zero-order chi connectivity index (χ0) is 22.3. The van der Waals surface area contributed by atoms with E-state index in [9.17, 15) is 18.0 Å². The van der Waals surface area contributed by atoms with Crippen LogP contribution in [0.2, 0.25) is 0 Å². The number of benzene rings is 3. The van der Waals surface area contributed by atoms with E-state index in [4.69, 9.17) is 4.74 Å². The number of hydrogen-bond acceptors (Lipinski definition) is 3. The maximum atomic E-state index is 12.8. The third-order valence-corrected chi connectivity index (χ3v) is 4.46. The number of alkyl halides is 3. The smallest absolute Gasteiger partial charge is 0.416 e. The molecule has 0 spiro atoms. The minimum atomic E-state index is -4.41. The number of rotatable bonds is 7. The summed E-state index contributed by atoms with van der Waals surface area (Å²) in [5, 5.41) is 2.87. The van der Waals surface area contributed by atoms with Crippen molar-refractivity contribution in [3.8, 4) is 5.75 Å². The molecule has 0 bridgehead atoms. The predicted octanol–water partition coefficient (Wildman–Crippen LogP) is 5.71. The Morgan fingerprint density at radius 3 is 2.42 bits per heavy atom. The van der Waals surface area contributed by atoms with E-state index in [1.54, 1.807) is 24.3 Å². The highest BCUT2D eigenvalue weighted by Gasteiger charge is 2.30. The highest BCUT2D eigenvalue weighted by atomic mass is 19.4. The first kappa shape index (κ1) is 22.1. The molecule has 3 aromatic carbocycles. The average Bonchev–Trinajstić information content (AvgIpc) is 2.77. The largest absolute Gasteiger partial charge is 0.484 e. The van der Waals surface area contributed by atoms with Crippen LogP contribution in [-0.4, -0.2) is 18.7 Å². The number of ether oxygens (including phenoxy) is 1. The molecule has 3 aromatic rings. The van der Waals surface area contributed by atoms with Crippen LogP contribution in [0.3, 0.4) is 0 Å². The van der Waals surface area contributed by atoms with Crippen LogP contribution in [0.4, 0.5) is 18.9 Å². The van der Waals surface area contributed by atoms with Crippen molar-refractivity contribution in [3.63, 3.8) is 0 Å². The Hall–Kier alpha value is -3.61. The SMILES string of the molecule is C[C@H](NC(=O)COc1ccc(C=Nc2cccc(C(F)(F)F)c2)cc1)c1ccccc1. The molecule has 0 unspecified atom stereocenters. The summed E-state index contributed by atoms with van der Waals surface area (Å²) in [6.07, 6.45) is -2.94. The molecule has 0 saturated carbocycles. The van der Waals surface area contributed by atoms with Crippen LogP contribution in [0, 0.1) is 0 Å². The minimum Gasteiger partial charge on any atom is -0.484 e. The standard InChI is InChI=1S/C24H21F3N2O2/c1-17(19-6-3-2-4-7-19)29-23(30)16-31-22-12-10-18(11-13-22)15-28-21-9-5-8-20(14-21)24(25,26)27/h2-15,17H,16H2,1H3,(H,29,30)/t17-/m0/s1. The molecule has 7 heteroatoms. The Morgan fingerprint density at radius 2 is 1.74 bits per heavy atom. The van der Waals surface area contributed by atoms with Gasteiger partial charge in [0.25, 0.3) is 5.91 Å². The van der Waals surface area contributed by atoms with E-state index in [-0.39, 0.29) is 24.2 Å². The Labute approximate surface area is 178 Å². The molecule has 0 aliphatic heterocycles. The molecule has 0 aromatic heterocycles. The van der Waals surface area contributed by atoms with Crippen LogP contribution >= 0.6 is 0 Å². The molecule has 3 rings (SSSR count). The van der Waals surface area contributed by atoms with Crippen molar-refractivity contribution in [3.05, 3.63) is 95.6 Å². The Kier molecular flexibility index (Phi) is 7.07. The molecule has 4 nitrogen and oxygen atoms in total. The number of carbonyl (C=O) groups excluding carboxylic acids is 1. The summed E-state index contributed by atoms with van der Waals surface area (Å²) in [5.74, 6) is 0.255. The van der Waals surface area contributed by atoms with Gasteiger partial charge in [-0.15, -0.1) is 0 Å². The average molecular weight is 426 g/mol. The Balaban J connectivity index is 1.52. The number of nitrogens with zero attached hydrogens (tertiary/aromatic N) is 1. The Bertz CT molecular complexity index is 1030. The molecule has 1 atom stereocenters. The molecule has 1 N–H and O–H groups in total. The topological polar surface area (TPSA) is 50.7 Å². The van der Waals surface area contributed by atoms with Crippen LogP contribution in [0.1, 0.15) is 29.7 Å². The molecule has 31 heavy (non-hydrogen) atoms. The van der Waals surface area contributed by atoms with E-state index in [0.717, 1.165) is 17.7 Å². The fourth-order valence-corrected chi connectivity index (χ4v) is 2.82. The first-order valence-electron chi connectivity index (χ1n) is 9.60. The molecule has 1 amide bonds. The van der Waals surface area contributed by atoms with E-state index in [2.05, 4.69) is 10.3 Å². The van der Waals surface area contributed by atoms with Crippen molar-refractivity contribution in [2.45, 2.75) is 19.1 Å². The zero-order valence-electron chi connectivity index (χ0n) is 16.8. The molecule has 0 fully saturated rings. The van der Waals surface area contributed by atoms with Gasteiger partial charge >= 0.3 is 6.18 Å². The molecular weight excluding hydrogens is 405 g/mol. The van der Waals surface area contributed by atoms with Crippen LogP contribution in [0.15, 0.2) is 83.9 Å². The Morgan fingerprint density at radius 1 is 1.03 bits per heavy atom. The highest BCUT2D eigenvalue weighted by Crippen LogP contribution is 2.31. The van der Waals surface area contributed by atoms with Crippen molar-refractivity contribution in [1.82, 2.24) is 5.32 Å². The van der Waals surface area contributed by atoms with Gasteiger partial charge in [-0.2, -0.15) is 13.2 Å². The molecule has 0 heterocycles. The van der Waals surface area contributed by atoms with Gasteiger partial charge in [0.1, 0.15) is 5.75 Å². The van der Waals surface area contributed by atoms with Gasteiger partial charge in [-0.05, 0) is 60.5 Å². The van der Waals surface area contributed by atoms with Gasteiger partial charge in [0.05, 0.1) is 17.3 Å². The van der Waals surface area contributed by atoms with Gasteiger partial charge in [-0.1, -0.05) is 36.4 Å². The van der Waals surface area contributed by atoms with Crippen LogP contribution in [0.5, 0.6) is 5.75 Å². The van der Waals surface area contributed by atoms with Gasteiger partial charge < -0.3 is 10.1 Å². The van der Waals surface area contributed by atoms with E-state index >= 15 is 0 Å². The molecule has 0 radical (unpaired) electrons. The van der Waals surface area contributed by atoms with Crippen molar-refractivity contribution < 1.29 is 22.7 Å². The first-order chi connectivity index (χ1) is 14.8. The fraction of sp³-hybridized carbons (Fsp3) is 0.167. The summed E-state index contributed by atoms with van der Waals surface area (Å²) < 4.78 is 43.8. The zero-order valence-corrected chi connectivity index (χ0v) is 16.8. The third-order valence-electron chi connectivity index (χ3n) is 4.46. The van der Waals surface area contributed by atoms with Crippen molar-refractivity contribution >= 4 is 17.8 Å². The summed E-state index contributed by atoms with van der Waals surface area (Å²) >= 11 is 0. The van der Waals surface area contributed by atoms with E-state index < -0.39 is 11.7 Å². The third kappa shape index (κ3) is 6.70. The van der Waals surface area contributed by atoms with E-state index in [1.165, 1.54) is 18.3 Å². The van der Waals surface area contributed by atoms with Gasteiger partial charge in [-0.25, -0.2) is 0 Å². The molecule has 0 aliphatic rings. The van der Waals surface area contributed by atoms with Gasteiger partial charge in [0, 0.05) is 6.21 Å². The predicted molar refractivity (Wildman–Crippen MR) is 114 cm³/mol. The summed E-state index contributed by atoms with van der Waals surface area (Å²) in [4.78, 5) is 16.2. The second kappa shape index (κ2) is 9.93. The lowest BCUT2D eigenvalue weighted by atomic mass is 10.1. The maximum Gasteiger partial charge on any atom is 0.416 e. The second-order valence-corrected chi connectivity index (χ2v) is 6.86. The van der Waals surface area contributed by atoms with Crippen LogP contribution in [0.25, 0.3) is 0 Å². The lowest BCUT2D eigenvalue weighted by Gasteiger charge is -2.14. The second-order valence-electron chi connectivity index (χ2n) is 6.86. The first-order valence-corrected chi connectivity index (χ1v) is 9.60. The van der Waals surface area contributed by atoms with Crippen molar-refractivity contribution in [2.75, 3.05) is 6.61 Å². The van der Waals surface area contributed by atoms with Gasteiger partial charge in [0.15, 0.2) is 6.61 Å². The van der Waals surface area contributed by atoms with E-state index in [1.807, 2.05) is 37.3 Å². The lowest BCUT2D eigenvalue weighted by molar-refractivity contribution is -0.137. The quantitative estimate of drug-likeness (QED) is 0.492. The summed E-state index contributed by atoms with van der Waals surface area (Å²) in [5.41, 5.74) is 1.15. The lowest BCUT2D eigenvalue weighted by Crippen LogP contribution is -2.31. The van der Waals surface area contributed by atoms with Crippen LogP contribution < -0.4 is 10.1 Å². The van der Waals surface area contributed by atoms with Gasteiger partial charge in [0.2, 0.25) is 0 Å². The number of hydrogen-bond donors (Lipinski definition) is 1. The number of amides is 1. The number of halogens is 3. The van der Waals surface area contributed by atoms with Gasteiger partial charge in [-0.3, -0.25) is 9.79 Å². The number of nitrogens with one attached hydrogen (secondary N) is 1.